The predicted octanol–water partition coefficient (Wildman–Crippen LogP) is 3.91. The molecule has 1 aliphatic heterocycles. The normalized spacial score (nSPS) is 18.5. The molecule has 0 aromatic heterocycles. The fraction of sp³-hybridized carbons (Fsp3) is 0.611. The van der Waals surface area contributed by atoms with E-state index in [4.69, 9.17) is 4.74 Å². The van der Waals surface area contributed by atoms with Crippen molar-refractivity contribution in [3.8, 4) is 5.75 Å². The number of nitrogens with zero attached hydrogens (tertiary/aromatic N) is 1. The molecule has 3 nitrogen and oxygen atoms in total. The van der Waals surface area contributed by atoms with E-state index in [1.807, 2.05) is 25.1 Å². The Morgan fingerprint density at radius 3 is 2.52 bits per heavy atom. The number of hydrogen-bond donors (Lipinski definition) is 0. The lowest BCUT2D eigenvalue weighted by Gasteiger charge is -2.37. The van der Waals surface area contributed by atoms with Crippen molar-refractivity contribution in [2.45, 2.75) is 47.1 Å². The monoisotopic (exact) mass is 289 g/mol. The zero-order valence-corrected chi connectivity index (χ0v) is 13.7. The van der Waals surface area contributed by atoms with Crippen molar-refractivity contribution < 1.29 is 9.53 Å². The van der Waals surface area contributed by atoms with E-state index < -0.39 is 0 Å². The summed E-state index contributed by atoms with van der Waals surface area (Å²) in [6.45, 7) is 12.0. The standard InChI is InChI=1S/C18H27NO2/c1-5-21-17-7-6-15(14(2)20)12-16(17)13-19-10-8-18(3,4)9-11-19/h6-7,12H,5,8-11,13H2,1-4H3. The second-order valence-corrected chi connectivity index (χ2v) is 6.75. The van der Waals surface area contributed by atoms with Crippen LogP contribution < -0.4 is 4.74 Å². The van der Waals surface area contributed by atoms with Gasteiger partial charge in [0.05, 0.1) is 6.61 Å². The number of piperidine rings is 1. The zero-order chi connectivity index (χ0) is 15.5. The van der Waals surface area contributed by atoms with Crippen molar-refractivity contribution in [2.75, 3.05) is 19.7 Å². The Balaban J connectivity index is 2.13. The lowest BCUT2D eigenvalue weighted by molar-refractivity contribution is 0.101. The molecule has 3 heteroatoms. The number of carbonyl (C=O) groups excluding carboxylic acids is 1. The minimum Gasteiger partial charge on any atom is -0.494 e. The molecule has 2 rings (SSSR count). The number of ketones is 1. The van der Waals surface area contributed by atoms with Gasteiger partial charge in [-0.25, -0.2) is 0 Å². The molecule has 0 amide bonds. The van der Waals surface area contributed by atoms with Crippen LogP contribution >= 0.6 is 0 Å². The van der Waals surface area contributed by atoms with E-state index in [-0.39, 0.29) is 5.78 Å². The Bertz CT molecular complexity index is 498. The summed E-state index contributed by atoms with van der Waals surface area (Å²) in [5.74, 6) is 1.02. The van der Waals surface area contributed by atoms with Gasteiger partial charge in [0.1, 0.15) is 5.75 Å². The molecule has 0 atom stereocenters. The SMILES string of the molecule is CCOc1ccc(C(C)=O)cc1CN1CCC(C)(C)CC1. The van der Waals surface area contributed by atoms with Crippen LogP contribution in [0, 0.1) is 5.41 Å². The first-order valence-electron chi connectivity index (χ1n) is 7.90. The van der Waals surface area contributed by atoms with Gasteiger partial charge in [0.25, 0.3) is 0 Å². The average molecular weight is 289 g/mol. The summed E-state index contributed by atoms with van der Waals surface area (Å²) in [6, 6.07) is 5.78. The van der Waals surface area contributed by atoms with E-state index in [0.717, 1.165) is 36.5 Å². The first kappa shape index (κ1) is 16.0. The first-order valence-corrected chi connectivity index (χ1v) is 7.90. The average Bonchev–Trinajstić information content (AvgIpc) is 2.43. The van der Waals surface area contributed by atoms with Crippen LogP contribution in [-0.2, 0) is 6.54 Å². The van der Waals surface area contributed by atoms with E-state index in [1.165, 1.54) is 12.8 Å². The third kappa shape index (κ3) is 4.31. The predicted molar refractivity (Wildman–Crippen MR) is 85.9 cm³/mol. The Morgan fingerprint density at radius 2 is 1.95 bits per heavy atom. The Kier molecular flexibility index (Phi) is 5.04. The summed E-state index contributed by atoms with van der Waals surface area (Å²) in [4.78, 5) is 14.1. The molecule has 0 bridgehead atoms. The van der Waals surface area contributed by atoms with Gasteiger partial charge >= 0.3 is 0 Å². The largest absolute Gasteiger partial charge is 0.494 e. The molecular weight excluding hydrogens is 262 g/mol. The van der Waals surface area contributed by atoms with Gasteiger partial charge in [-0.1, -0.05) is 13.8 Å². The molecule has 0 radical (unpaired) electrons. The van der Waals surface area contributed by atoms with E-state index in [9.17, 15) is 4.79 Å². The molecule has 21 heavy (non-hydrogen) atoms. The lowest BCUT2D eigenvalue weighted by atomic mass is 9.82. The van der Waals surface area contributed by atoms with Crippen molar-refractivity contribution in [1.29, 1.82) is 0 Å². The second kappa shape index (κ2) is 6.61. The Labute approximate surface area is 128 Å². The maximum Gasteiger partial charge on any atom is 0.159 e. The highest BCUT2D eigenvalue weighted by Crippen LogP contribution is 2.31. The van der Waals surface area contributed by atoms with Gasteiger partial charge in [-0.15, -0.1) is 0 Å². The van der Waals surface area contributed by atoms with Crippen LogP contribution in [-0.4, -0.2) is 30.4 Å². The van der Waals surface area contributed by atoms with Gasteiger partial charge in [0.2, 0.25) is 0 Å². The number of rotatable bonds is 5. The number of likely N-dealkylation sites (tertiary alicyclic amines) is 1. The number of ether oxygens (including phenoxy) is 1. The third-order valence-corrected chi connectivity index (χ3v) is 4.37. The zero-order valence-electron chi connectivity index (χ0n) is 13.7. The molecular formula is C18H27NO2. The molecule has 0 aliphatic carbocycles. The van der Waals surface area contributed by atoms with Crippen LogP contribution in [0.4, 0.5) is 0 Å². The van der Waals surface area contributed by atoms with Gasteiger partial charge in [0.15, 0.2) is 5.78 Å². The van der Waals surface area contributed by atoms with Crippen LogP contribution in [0.5, 0.6) is 5.75 Å². The van der Waals surface area contributed by atoms with Crippen molar-refractivity contribution >= 4 is 5.78 Å². The summed E-state index contributed by atoms with van der Waals surface area (Å²) in [6.07, 6.45) is 2.45. The van der Waals surface area contributed by atoms with Gasteiger partial charge < -0.3 is 4.74 Å². The molecule has 1 aromatic carbocycles. The highest BCUT2D eigenvalue weighted by Gasteiger charge is 2.25. The van der Waals surface area contributed by atoms with Crippen molar-refractivity contribution in [1.82, 2.24) is 4.90 Å². The first-order chi connectivity index (χ1) is 9.91. The topological polar surface area (TPSA) is 29.5 Å². The van der Waals surface area contributed by atoms with Gasteiger partial charge in [-0.3, -0.25) is 9.69 Å². The molecule has 116 valence electrons. The van der Waals surface area contributed by atoms with Gasteiger partial charge in [-0.05, 0) is 63.4 Å². The third-order valence-electron chi connectivity index (χ3n) is 4.37. The number of Topliss-reactive ketones (excluding diaryl/α,β-unsaturated/α-hetero) is 1. The molecule has 1 heterocycles. The van der Waals surface area contributed by atoms with Gasteiger partial charge in [0, 0.05) is 17.7 Å². The fourth-order valence-corrected chi connectivity index (χ4v) is 2.78. The van der Waals surface area contributed by atoms with Crippen LogP contribution in [0.15, 0.2) is 18.2 Å². The maximum atomic E-state index is 11.6. The Morgan fingerprint density at radius 1 is 1.29 bits per heavy atom. The van der Waals surface area contributed by atoms with Crippen LogP contribution in [0.2, 0.25) is 0 Å². The highest BCUT2D eigenvalue weighted by atomic mass is 16.5. The van der Waals surface area contributed by atoms with E-state index in [0.29, 0.717) is 12.0 Å². The quantitative estimate of drug-likeness (QED) is 0.770. The van der Waals surface area contributed by atoms with Crippen LogP contribution in [0.1, 0.15) is 56.5 Å². The summed E-state index contributed by atoms with van der Waals surface area (Å²) in [5, 5.41) is 0. The van der Waals surface area contributed by atoms with E-state index in [2.05, 4.69) is 18.7 Å². The summed E-state index contributed by atoms with van der Waals surface area (Å²) in [7, 11) is 0. The van der Waals surface area contributed by atoms with E-state index >= 15 is 0 Å². The molecule has 1 aliphatic rings. The van der Waals surface area contributed by atoms with Crippen LogP contribution in [0.3, 0.4) is 0 Å². The summed E-state index contributed by atoms with van der Waals surface area (Å²) in [5.41, 5.74) is 2.36. The minimum atomic E-state index is 0.110. The number of hydrogen-bond acceptors (Lipinski definition) is 3. The molecule has 0 N–H and O–H groups in total. The second-order valence-electron chi connectivity index (χ2n) is 6.75. The van der Waals surface area contributed by atoms with Crippen LogP contribution in [0.25, 0.3) is 0 Å². The van der Waals surface area contributed by atoms with Crippen molar-refractivity contribution in [2.24, 2.45) is 5.41 Å². The molecule has 1 fully saturated rings. The molecule has 1 saturated heterocycles. The summed E-state index contributed by atoms with van der Waals surface area (Å²) >= 11 is 0. The molecule has 0 unspecified atom stereocenters. The fourth-order valence-electron chi connectivity index (χ4n) is 2.78. The van der Waals surface area contributed by atoms with Crippen molar-refractivity contribution in [3.63, 3.8) is 0 Å². The number of carbonyl (C=O) groups is 1. The molecule has 0 saturated carbocycles. The molecule has 0 spiro atoms. The summed E-state index contributed by atoms with van der Waals surface area (Å²) < 4.78 is 5.72. The lowest BCUT2D eigenvalue weighted by Crippen LogP contribution is -2.36. The highest BCUT2D eigenvalue weighted by molar-refractivity contribution is 5.94. The van der Waals surface area contributed by atoms with E-state index in [1.54, 1.807) is 6.92 Å². The van der Waals surface area contributed by atoms with Gasteiger partial charge in [-0.2, -0.15) is 0 Å². The number of benzene rings is 1. The smallest absolute Gasteiger partial charge is 0.159 e. The Hall–Kier alpha value is -1.35. The van der Waals surface area contributed by atoms with Crippen molar-refractivity contribution in [3.05, 3.63) is 29.3 Å². The minimum absolute atomic E-state index is 0.110. The maximum absolute atomic E-state index is 11.6. The molecule has 1 aromatic rings.